The Morgan fingerprint density at radius 3 is 2.68 bits per heavy atom. The molecule has 0 atom stereocenters. The van der Waals surface area contributed by atoms with Gasteiger partial charge >= 0.3 is 0 Å². The molecule has 0 radical (unpaired) electrons. The van der Waals surface area contributed by atoms with Crippen LogP contribution in [0.1, 0.15) is 28.9 Å². The van der Waals surface area contributed by atoms with E-state index in [1.54, 1.807) is 25.2 Å². The molecule has 3 heterocycles. The van der Waals surface area contributed by atoms with Crippen molar-refractivity contribution in [2.75, 3.05) is 27.2 Å². The molecule has 31 heavy (non-hydrogen) atoms. The molecular weight excluding hydrogens is 392 g/mol. The highest BCUT2D eigenvalue weighted by Crippen LogP contribution is 2.28. The fourth-order valence-corrected chi connectivity index (χ4v) is 3.56. The predicted molar refractivity (Wildman–Crippen MR) is 119 cm³/mol. The monoisotopic (exact) mass is 418 g/mol. The van der Waals surface area contributed by atoms with Crippen molar-refractivity contribution in [2.24, 2.45) is 0 Å². The van der Waals surface area contributed by atoms with Crippen molar-refractivity contribution in [2.45, 2.75) is 19.3 Å². The van der Waals surface area contributed by atoms with E-state index in [1.165, 1.54) is 0 Å². The third kappa shape index (κ3) is 4.77. The number of nitrogens with one attached hydrogen (secondary N) is 2. The zero-order valence-corrected chi connectivity index (χ0v) is 17.8. The van der Waals surface area contributed by atoms with Crippen molar-refractivity contribution < 1.29 is 14.3 Å². The first-order valence-electron chi connectivity index (χ1n) is 10.4. The smallest absolute Gasteiger partial charge is 0.253 e. The Morgan fingerprint density at radius 1 is 1.13 bits per heavy atom. The van der Waals surface area contributed by atoms with E-state index in [9.17, 15) is 9.59 Å². The Bertz CT molecular complexity index is 1090. The van der Waals surface area contributed by atoms with Crippen LogP contribution < -0.4 is 10.1 Å². The molecule has 0 aliphatic carbocycles. The molecule has 2 N–H and O–H groups in total. The third-order valence-electron chi connectivity index (χ3n) is 5.33. The first kappa shape index (κ1) is 20.7. The maximum absolute atomic E-state index is 12.0. The Balaban J connectivity index is 1.42. The normalized spacial score (nSPS) is 12.8. The summed E-state index contributed by atoms with van der Waals surface area (Å²) < 4.78 is 5.74. The van der Waals surface area contributed by atoms with Crippen molar-refractivity contribution in [3.8, 4) is 28.3 Å². The van der Waals surface area contributed by atoms with E-state index >= 15 is 0 Å². The lowest BCUT2D eigenvalue weighted by Gasteiger charge is -2.11. The van der Waals surface area contributed by atoms with Gasteiger partial charge in [-0.05, 0) is 48.9 Å². The van der Waals surface area contributed by atoms with Gasteiger partial charge in [0.05, 0.1) is 17.9 Å². The van der Waals surface area contributed by atoms with Crippen LogP contribution >= 0.6 is 0 Å². The summed E-state index contributed by atoms with van der Waals surface area (Å²) in [5, 5.41) is 2.87. The summed E-state index contributed by atoms with van der Waals surface area (Å²) in [6, 6.07) is 13.6. The summed E-state index contributed by atoms with van der Waals surface area (Å²) in [7, 11) is 3.51. The zero-order valence-electron chi connectivity index (χ0n) is 17.8. The second kappa shape index (κ2) is 9.04. The van der Waals surface area contributed by atoms with Gasteiger partial charge in [-0.15, -0.1) is 0 Å². The van der Waals surface area contributed by atoms with Crippen LogP contribution in [-0.4, -0.2) is 53.9 Å². The molecule has 2 aromatic heterocycles. The molecule has 1 aliphatic heterocycles. The number of amides is 2. The number of nitrogens with zero attached hydrogens (tertiary/aromatic N) is 2. The van der Waals surface area contributed by atoms with E-state index in [-0.39, 0.29) is 11.8 Å². The number of benzene rings is 1. The maximum atomic E-state index is 12.0. The second-order valence-electron chi connectivity index (χ2n) is 7.78. The molecule has 160 valence electrons. The molecule has 0 bridgehead atoms. The van der Waals surface area contributed by atoms with Gasteiger partial charge in [0.2, 0.25) is 5.91 Å². The fourth-order valence-electron chi connectivity index (χ4n) is 3.56. The Labute approximate surface area is 181 Å². The number of fused-ring (bicyclic) bond motifs is 1. The van der Waals surface area contributed by atoms with Gasteiger partial charge in [-0.25, -0.2) is 0 Å². The van der Waals surface area contributed by atoms with E-state index in [4.69, 9.17) is 4.74 Å². The van der Waals surface area contributed by atoms with Crippen molar-refractivity contribution in [1.29, 1.82) is 0 Å². The average Bonchev–Trinajstić information content (AvgIpc) is 3.23. The molecule has 4 rings (SSSR count). The molecule has 0 saturated heterocycles. The number of pyridine rings is 1. The third-order valence-corrected chi connectivity index (χ3v) is 5.33. The summed E-state index contributed by atoms with van der Waals surface area (Å²) in [6.45, 7) is 1.16. The molecule has 7 heteroatoms. The topological polar surface area (TPSA) is 87.3 Å². The van der Waals surface area contributed by atoms with Crippen LogP contribution in [0.5, 0.6) is 5.75 Å². The lowest BCUT2D eigenvalue weighted by molar-refractivity contribution is -0.128. The number of rotatable bonds is 7. The van der Waals surface area contributed by atoms with Gasteiger partial charge in [0.1, 0.15) is 5.75 Å². The number of hydrogen-bond acceptors (Lipinski definition) is 4. The first-order chi connectivity index (χ1) is 15.0. The predicted octanol–water partition coefficient (Wildman–Crippen LogP) is 3.28. The lowest BCUT2D eigenvalue weighted by atomic mass is 10.1. The lowest BCUT2D eigenvalue weighted by Crippen LogP contribution is -2.31. The molecule has 1 aliphatic rings. The minimum absolute atomic E-state index is 0.0281. The van der Waals surface area contributed by atoms with Crippen LogP contribution in [0.25, 0.3) is 22.5 Å². The number of H-pyrrole nitrogens is 1. The summed E-state index contributed by atoms with van der Waals surface area (Å²) >= 11 is 0. The summed E-state index contributed by atoms with van der Waals surface area (Å²) in [5.74, 6) is 0.841. The van der Waals surface area contributed by atoms with Gasteiger partial charge in [-0.2, -0.15) is 0 Å². The number of ether oxygens (including phenoxy) is 1. The number of aromatic nitrogens is 2. The van der Waals surface area contributed by atoms with E-state index in [2.05, 4.69) is 15.3 Å². The van der Waals surface area contributed by atoms with Gasteiger partial charge < -0.3 is 19.9 Å². The van der Waals surface area contributed by atoms with Crippen LogP contribution in [0.3, 0.4) is 0 Å². The van der Waals surface area contributed by atoms with Gasteiger partial charge in [-0.3, -0.25) is 14.6 Å². The van der Waals surface area contributed by atoms with Crippen LogP contribution in [0.4, 0.5) is 0 Å². The van der Waals surface area contributed by atoms with Crippen molar-refractivity contribution in [3.05, 3.63) is 59.9 Å². The summed E-state index contributed by atoms with van der Waals surface area (Å²) in [6.07, 6.45) is 3.74. The molecule has 0 saturated carbocycles. The minimum Gasteiger partial charge on any atom is -0.494 e. The minimum atomic E-state index is -0.0281. The molecule has 1 aromatic carbocycles. The highest BCUT2D eigenvalue weighted by molar-refractivity contribution is 5.97. The molecule has 2 amide bonds. The van der Waals surface area contributed by atoms with Crippen molar-refractivity contribution in [3.63, 3.8) is 0 Å². The SMILES string of the molecule is CN(C)C(=O)CCCOc1ccc(-c2cc(-c3cc4c([nH]3)CCNC4=O)ccn2)cc1. The van der Waals surface area contributed by atoms with E-state index in [0.717, 1.165) is 40.4 Å². The van der Waals surface area contributed by atoms with E-state index in [0.29, 0.717) is 31.6 Å². The highest BCUT2D eigenvalue weighted by atomic mass is 16.5. The average molecular weight is 418 g/mol. The van der Waals surface area contributed by atoms with Gasteiger partial charge in [0.25, 0.3) is 5.91 Å². The van der Waals surface area contributed by atoms with Crippen molar-refractivity contribution >= 4 is 11.8 Å². The summed E-state index contributed by atoms with van der Waals surface area (Å²) in [4.78, 5) is 33.1. The second-order valence-corrected chi connectivity index (χ2v) is 7.78. The number of carbonyl (C=O) groups excluding carboxylic acids is 2. The van der Waals surface area contributed by atoms with Crippen LogP contribution in [0, 0.1) is 0 Å². The van der Waals surface area contributed by atoms with Crippen LogP contribution in [0.15, 0.2) is 48.7 Å². The number of aromatic amines is 1. The molecule has 0 fully saturated rings. The quantitative estimate of drug-likeness (QED) is 0.577. The van der Waals surface area contributed by atoms with E-state index < -0.39 is 0 Å². The highest BCUT2D eigenvalue weighted by Gasteiger charge is 2.20. The standard InChI is InChI=1S/C24H26N4O3/c1-28(2)23(29)4-3-13-31-18-7-5-16(6-8-18)21-14-17(9-11-25-21)22-15-19-20(27-22)10-12-26-24(19)30/h5-9,11,14-15,27H,3-4,10,12-13H2,1-2H3,(H,26,30). The molecule has 0 unspecified atom stereocenters. The Morgan fingerprint density at radius 2 is 1.94 bits per heavy atom. The van der Waals surface area contributed by atoms with Gasteiger partial charge in [-0.1, -0.05) is 0 Å². The largest absolute Gasteiger partial charge is 0.494 e. The molecule has 0 spiro atoms. The molecule has 3 aromatic rings. The number of hydrogen-bond donors (Lipinski definition) is 2. The Kier molecular flexibility index (Phi) is 6.02. The molecular formula is C24H26N4O3. The van der Waals surface area contributed by atoms with Gasteiger partial charge in [0, 0.05) is 62.2 Å². The van der Waals surface area contributed by atoms with Crippen LogP contribution in [-0.2, 0) is 11.2 Å². The molecule has 7 nitrogen and oxygen atoms in total. The maximum Gasteiger partial charge on any atom is 0.253 e. The number of carbonyl (C=O) groups is 2. The first-order valence-corrected chi connectivity index (χ1v) is 10.4. The fraction of sp³-hybridized carbons (Fsp3) is 0.292. The van der Waals surface area contributed by atoms with Crippen molar-refractivity contribution in [1.82, 2.24) is 20.2 Å². The van der Waals surface area contributed by atoms with Gasteiger partial charge in [0.15, 0.2) is 0 Å². The summed E-state index contributed by atoms with van der Waals surface area (Å²) in [5.41, 5.74) is 5.42. The van der Waals surface area contributed by atoms with E-state index in [1.807, 2.05) is 42.5 Å². The van der Waals surface area contributed by atoms with Crippen LogP contribution in [0.2, 0.25) is 0 Å². The zero-order chi connectivity index (χ0) is 21.8. The Hall–Kier alpha value is -3.61.